The summed E-state index contributed by atoms with van der Waals surface area (Å²) >= 11 is 0. The number of anilines is 1. The first kappa shape index (κ1) is 8.64. The van der Waals surface area contributed by atoms with Crippen molar-refractivity contribution in [3.63, 3.8) is 0 Å². The molecule has 0 N–H and O–H groups in total. The number of hydrogen-bond acceptors (Lipinski definition) is 4. The second-order valence-corrected chi connectivity index (χ2v) is 3.78. The molecule has 0 amide bonds. The molecule has 0 fully saturated rings. The summed E-state index contributed by atoms with van der Waals surface area (Å²) in [6.07, 6.45) is 1.63. The smallest absolute Gasteiger partial charge is 0.158 e. The van der Waals surface area contributed by atoms with Crippen molar-refractivity contribution < 1.29 is 0 Å². The minimum atomic E-state index is 0.929. The van der Waals surface area contributed by atoms with Crippen LogP contribution in [0.1, 0.15) is 12.6 Å². The van der Waals surface area contributed by atoms with Crippen molar-refractivity contribution in [2.24, 2.45) is 0 Å². The van der Waals surface area contributed by atoms with Crippen LogP contribution in [0, 0.1) is 6.92 Å². The van der Waals surface area contributed by atoms with Gasteiger partial charge in [0.25, 0.3) is 0 Å². The SMILES string of the molecule is CCN1CCn2nc(C)c3ncnc1c32. The van der Waals surface area contributed by atoms with Crippen molar-refractivity contribution in [1.82, 2.24) is 19.7 Å². The van der Waals surface area contributed by atoms with Gasteiger partial charge in [-0.25, -0.2) is 9.97 Å². The summed E-state index contributed by atoms with van der Waals surface area (Å²) in [4.78, 5) is 10.9. The summed E-state index contributed by atoms with van der Waals surface area (Å²) < 4.78 is 2.02. The minimum Gasteiger partial charge on any atom is -0.353 e. The van der Waals surface area contributed by atoms with E-state index < -0.39 is 0 Å². The molecule has 0 saturated heterocycles. The molecule has 0 saturated carbocycles. The van der Waals surface area contributed by atoms with Crippen molar-refractivity contribution in [3.05, 3.63) is 12.0 Å². The maximum Gasteiger partial charge on any atom is 0.158 e. The topological polar surface area (TPSA) is 46.8 Å². The van der Waals surface area contributed by atoms with E-state index in [1.165, 1.54) is 0 Å². The Balaban J connectivity index is 2.36. The van der Waals surface area contributed by atoms with Gasteiger partial charge in [0.2, 0.25) is 0 Å². The van der Waals surface area contributed by atoms with Crippen molar-refractivity contribution in [2.45, 2.75) is 20.4 Å². The lowest BCUT2D eigenvalue weighted by molar-refractivity contribution is 0.590. The van der Waals surface area contributed by atoms with Crippen LogP contribution < -0.4 is 4.90 Å². The molecule has 0 bridgehead atoms. The molecule has 2 aromatic rings. The normalized spacial score (nSPS) is 14.9. The van der Waals surface area contributed by atoms with Crippen LogP contribution in [-0.4, -0.2) is 32.8 Å². The highest BCUT2D eigenvalue weighted by Crippen LogP contribution is 2.27. The van der Waals surface area contributed by atoms with E-state index in [-0.39, 0.29) is 0 Å². The predicted molar refractivity (Wildman–Crippen MR) is 57.9 cm³/mol. The molecule has 1 aliphatic rings. The Bertz CT molecular complexity index is 516. The summed E-state index contributed by atoms with van der Waals surface area (Å²) in [5.74, 6) is 1.02. The molecule has 0 unspecified atom stereocenters. The Morgan fingerprint density at radius 3 is 3.00 bits per heavy atom. The third-order valence-electron chi connectivity index (χ3n) is 2.94. The number of likely N-dealkylation sites (N-methyl/N-ethyl adjacent to an activating group) is 1. The summed E-state index contributed by atoms with van der Waals surface area (Å²) in [6.45, 7) is 7.04. The van der Waals surface area contributed by atoms with Gasteiger partial charge in [0, 0.05) is 13.1 Å². The second kappa shape index (κ2) is 2.92. The lowest BCUT2D eigenvalue weighted by Gasteiger charge is -2.26. The van der Waals surface area contributed by atoms with E-state index in [9.17, 15) is 0 Å². The van der Waals surface area contributed by atoms with Crippen LogP contribution in [0.15, 0.2) is 6.33 Å². The van der Waals surface area contributed by atoms with Crippen LogP contribution in [0.25, 0.3) is 11.0 Å². The fraction of sp³-hybridized carbons (Fsp3) is 0.500. The Kier molecular flexibility index (Phi) is 1.68. The fourth-order valence-electron chi connectivity index (χ4n) is 2.17. The van der Waals surface area contributed by atoms with Gasteiger partial charge >= 0.3 is 0 Å². The predicted octanol–water partition coefficient (Wildman–Crippen LogP) is 0.975. The van der Waals surface area contributed by atoms with Crippen molar-refractivity contribution in [3.8, 4) is 0 Å². The maximum atomic E-state index is 4.48. The van der Waals surface area contributed by atoms with E-state index in [0.29, 0.717) is 0 Å². The molecule has 2 aromatic heterocycles. The number of hydrogen-bond donors (Lipinski definition) is 0. The molecular formula is C10H13N5. The van der Waals surface area contributed by atoms with Gasteiger partial charge in [-0.2, -0.15) is 5.10 Å². The zero-order valence-corrected chi connectivity index (χ0v) is 8.93. The summed E-state index contributed by atoms with van der Waals surface area (Å²) in [6, 6.07) is 0. The molecule has 5 nitrogen and oxygen atoms in total. The quantitative estimate of drug-likeness (QED) is 0.693. The monoisotopic (exact) mass is 203 g/mol. The first-order chi connectivity index (χ1) is 7.31. The van der Waals surface area contributed by atoms with Gasteiger partial charge in [-0.05, 0) is 13.8 Å². The highest BCUT2D eigenvalue weighted by molar-refractivity contribution is 5.88. The molecule has 0 aromatic carbocycles. The average Bonchev–Trinajstić information content (AvgIpc) is 2.59. The second-order valence-electron chi connectivity index (χ2n) is 3.78. The minimum absolute atomic E-state index is 0.929. The third kappa shape index (κ3) is 1.06. The Hall–Kier alpha value is -1.65. The molecule has 78 valence electrons. The van der Waals surface area contributed by atoms with Gasteiger partial charge in [-0.3, -0.25) is 4.68 Å². The van der Waals surface area contributed by atoms with Crippen LogP contribution in [-0.2, 0) is 6.54 Å². The third-order valence-corrected chi connectivity index (χ3v) is 2.94. The zero-order valence-electron chi connectivity index (χ0n) is 8.93. The standard InChI is InChI=1S/C10H13N5/c1-3-14-4-5-15-9-8(7(2)13-15)11-6-12-10(9)14/h6H,3-5H2,1-2H3. The zero-order chi connectivity index (χ0) is 10.4. The van der Waals surface area contributed by atoms with Gasteiger partial charge in [0.1, 0.15) is 17.4 Å². The highest BCUT2D eigenvalue weighted by atomic mass is 15.4. The number of rotatable bonds is 1. The number of aromatic nitrogens is 4. The molecule has 0 atom stereocenters. The molecule has 0 aliphatic carbocycles. The molecule has 5 heteroatoms. The highest BCUT2D eigenvalue weighted by Gasteiger charge is 2.21. The van der Waals surface area contributed by atoms with Crippen molar-refractivity contribution >= 4 is 16.9 Å². The van der Waals surface area contributed by atoms with Crippen LogP contribution in [0.4, 0.5) is 5.82 Å². The van der Waals surface area contributed by atoms with Crippen LogP contribution in [0.3, 0.4) is 0 Å². The molecule has 3 heterocycles. The Morgan fingerprint density at radius 2 is 2.20 bits per heavy atom. The largest absolute Gasteiger partial charge is 0.353 e. The van der Waals surface area contributed by atoms with Gasteiger partial charge in [0.15, 0.2) is 5.82 Å². The van der Waals surface area contributed by atoms with Crippen LogP contribution >= 0.6 is 0 Å². The molecule has 1 aliphatic heterocycles. The number of nitrogens with zero attached hydrogens (tertiary/aromatic N) is 5. The first-order valence-electron chi connectivity index (χ1n) is 5.24. The number of aryl methyl sites for hydroxylation is 1. The molecule has 0 spiro atoms. The van der Waals surface area contributed by atoms with Crippen LogP contribution in [0.5, 0.6) is 0 Å². The molecule has 3 rings (SSSR count). The molecule has 0 radical (unpaired) electrons. The van der Waals surface area contributed by atoms with E-state index in [2.05, 4.69) is 26.9 Å². The average molecular weight is 203 g/mol. The van der Waals surface area contributed by atoms with Gasteiger partial charge in [-0.15, -0.1) is 0 Å². The van der Waals surface area contributed by atoms with E-state index in [1.54, 1.807) is 6.33 Å². The maximum absolute atomic E-state index is 4.48. The first-order valence-corrected chi connectivity index (χ1v) is 5.24. The van der Waals surface area contributed by atoms with E-state index in [4.69, 9.17) is 0 Å². The van der Waals surface area contributed by atoms with Gasteiger partial charge in [-0.1, -0.05) is 0 Å². The van der Waals surface area contributed by atoms with E-state index in [0.717, 1.165) is 42.2 Å². The Morgan fingerprint density at radius 1 is 1.33 bits per heavy atom. The summed E-state index contributed by atoms with van der Waals surface area (Å²) in [5.41, 5.74) is 3.06. The van der Waals surface area contributed by atoms with Crippen LogP contribution in [0.2, 0.25) is 0 Å². The van der Waals surface area contributed by atoms with Gasteiger partial charge < -0.3 is 4.90 Å². The lowest BCUT2D eigenvalue weighted by atomic mass is 10.3. The Labute approximate surface area is 87.7 Å². The molecular weight excluding hydrogens is 190 g/mol. The van der Waals surface area contributed by atoms with Gasteiger partial charge in [0.05, 0.1) is 12.2 Å². The molecule has 15 heavy (non-hydrogen) atoms. The van der Waals surface area contributed by atoms with Crippen molar-refractivity contribution in [1.29, 1.82) is 0 Å². The van der Waals surface area contributed by atoms with E-state index in [1.807, 2.05) is 11.6 Å². The summed E-state index contributed by atoms with van der Waals surface area (Å²) in [5, 5.41) is 4.48. The lowest BCUT2D eigenvalue weighted by Crippen LogP contribution is -2.32. The summed E-state index contributed by atoms with van der Waals surface area (Å²) in [7, 11) is 0. The van der Waals surface area contributed by atoms with E-state index >= 15 is 0 Å². The van der Waals surface area contributed by atoms with Crippen molar-refractivity contribution in [2.75, 3.05) is 18.0 Å². The fourth-order valence-corrected chi connectivity index (χ4v) is 2.17.